The summed E-state index contributed by atoms with van der Waals surface area (Å²) < 4.78 is 7.54. The van der Waals surface area contributed by atoms with Crippen molar-refractivity contribution in [3.63, 3.8) is 0 Å². The average molecular weight is 385 g/mol. The van der Waals surface area contributed by atoms with E-state index in [1.54, 1.807) is 36.4 Å². The second-order valence-corrected chi connectivity index (χ2v) is 6.71. The molecule has 0 atom stereocenters. The van der Waals surface area contributed by atoms with Crippen LogP contribution in [0, 0.1) is 13.8 Å². The van der Waals surface area contributed by atoms with Gasteiger partial charge in [-0.1, -0.05) is 12.1 Å². The van der Waals surface area contributed by atoms with Gasteiger partial charge in [0.2, 0.25) is 5.43 Å². The summed E-state index contributed by atoms with van der Waals surface area (Å²) in [5.41, 5.74) is 6.71. The molecule has 0 saturated carbocycles. The molecular weight excluding hydrogens is 366 g/mol. The Balaban J connectivity index is 1.49. The number of nitrogens with one attached hydrogen (secondary N) is 1. The fourth-order valence-electron chi connectivity index (χ4n) is 3.24. The molecular formula is C23H19N3O3. The lowest BCUT2D eigenvalue weighted by Gasteiger charge is -2.10. The highest BCUT2D eigenvalue weighted by molar-refractivity contribution is 5.95. The summed E-state index contributed by atoms with van der Waals surface area (Å²) >= 11 is 0. The summed E-state index contributed by atoms with van der Waals surface area (Å²) in [6.07, 6.45) is 2.62. The molecule has 1 amide bonds. The molecule has 0 radical (unpaired) electrons. The van der Waals surface area contributed by atoms with Crippen molar-refractivity contribution in [3.05, 3.63) is 99.7 Å². The molecule has 0 aliphatic heterocycles. The average Bonchev–Trinajstić information content (AvgIpc) is 3.08. The number of amides is 1. The first kappa shape index (κ1) is 18.4. The van der Waals surface area contributed by atoms with E-state index in [2.05, 4.69) is 15.1 Å². The van der Waals surface area contributed by atoms with Crippen LogP contribution in [0.4, 0.5) is 0 Å². The van der Waals surface area contributed by atoms with Gasteiger partial charge >= 0.3 is 0 Å². The summed E-state index contributed by atoms with van der Waals surface area (Å²) in [5.74, 6) is -0.362. The standard InChI is InChI=1S/C23H19N3O3/c1-15-7-8-16(2)26(15)19-11-9-17(10-12-19)23(28)25-24-13-18-14-29-21-6-4-3-5-20(21)22(18)27/h3-14H,1-2H3,(H,25,28)/b24-13+. The number of hydrogen-bond donors (Lipinski definition) is 1. The van der Waals surface area contributed by atoms with Gasteiger partial charge in [0.15, 0.2) is 0 Å². The van der Waals surface area contributed by atoms with Crippen molar-refractivity contribution in [3.8, 4) is 5.69 Å². The number of hydrazone groups is 1. The smallest absolute Gasteiger partial charge is 0.271 e. The molecule has 0 saturated heterocycles. The van der Waals surface area contributed by atoms with E-state index >= 15 is 0 Å². The van der Waals surface area contributed by atoms with Gasteiger partial charge in [-0.05, 0) is 62.4 Å². The zero-order valence-corrected chi connectivity index (χ0v) is 16.0. The van der Waals surface area contributed by atoms with Crippen LogP contribution in [0.5, 0.6) is 0 Å². The number of aryl methyl sites for hydroxylation is 2. The molecule has 6 heteroatoms. The van der Waals surface area contributed by atoms with Gasteiger partial charge in [0.05, 0.1) is 17.2 Å². The van der Waals surface area contributed by atoms with Crippen LogP contribution in [0.25, 0.3) is 16.7 Å². The second-order valence-electron chi connectivity index (χ2n) is 6.71. The van der Waals surface area contributed by atoms with E-state index in [-0.39, 0.29) is 16.9 Å². The predicted octanol–water partition coefficient (Wildman–Crippen LogP) is 3.96. The van der Waals surface area contributed by atoms with Gasteiger partial charge in [-0.3, -0.25) is 9.59 Å². The van der Waals surface area contributed by atoms with Crippen LogP contribution in [0.2, 0.25) is 0 Å². The fraction of sp³-hybridized carbons (Fsp3) is 0.0870. The van der Waals surface area contributed by atoms with Crippen LogP contribution in [-0.2, 0) is 0 Å². The Morgan fingerprint density at radius 2 is 1.69 bits per heavy atom. The van der Waals surface area contributed by atoms with E-state index in [0.29, 0.717) is 16.5 Å². The molecule has 0 aliphatic rings. The number of para-hydroxylation sites is 1. The lowest BCUT2D eigenvalue weighted by Crippen LogP contribution is -2.18. The van der Waals surface area contributed by atoms with E-state index in [0.717, 1.165) is 17.1 Å². The Labute approximate surface area is 167 Å². The molecule has 1 N–H and O–H groups in total. The summed E-state index contributed by atoms with van der Waals surface area (Å²) in [4.78, 5) is 24.7. The lowest BCUT2D eigenvalue weighted by molar-refractivity contribution is 0.0955. The highest BCUT2D eigenvalue weighted by Crippen LogP contribution is 2.17. The van der Waals surface area contributed by atoms with E-state index in [1.807, 2.05) is 38.1 Å². The normalized spacial score (nSPS) is 11.2. The Morgan fingerprint density at radius 1 is 1.00 bits per heavy atom. The van der Waals surface area contributed by atoms with Gasteiger partial charge in [0.25, 0.3) is 5.91 Å². The molecule has 0 aliphatic carbocycles. The molecule has 0 fully saturated rings. The maximum Gasteiger partial charge on any atom is 0.271 e. The molecule has 0 spiro atoms. The highest BCUT2D eigenvalue weighted by atomic mass is 16.3. The number of rotatable bonds is 4. The third-order valence-electron chi connectivity index (χ3n) is 4.74. The van der Waals surface area contributed by atoms with Crippen LogP contribution in [-0.4, -0.2) is 16.7 Å². The van der Waals surface area contributed by atoms with Gasteiger partial charge in [-0.2, -0.15) is 5.10 Å². The third-order valence-corrected chi connectivity index (χ3v) is 4.74. The van der Waals surface area contributed by atoms with E-state index in [1.165, 1.54) is 12.5 Å². The summed E-state index contributed by atoms with van der Waals surface area (Å²) in [5, 5.41) is 4.36. The quantitative estimate of drug-likeness (QED) is 0.427. The van der Waals surface area contributed by atoms with Crippen molar-refractivity contribution < 1.29 is 9.21 Å². The number of hydrogen-bond acceptors (Lipinski definition) is 4. The molecule has 2 aromatic heterocycles. The van der Waals surface area contributed by atoms with Crippen LogP contribution in [0.15, 0.2) is 81.2 Å². The zero-order chi connectivity index (χ0) is 20.4. The maximum absolute atomic E-state index is 12.4. The molecule has 4 aromatic rings. The Kier molecular flexibility index (Phi) is 4.83. The van der Waals surface area contributed by atoms with Gasteiger partial charge in [0, 0.05) is 22.6 Å². The molecule has 4 rings (SSSR count). The Bertz CT molecular complexity index is 1260. The van der Waals surface area contributed by atoms with Crippen molar-refractivity contribution in [2.75, 3.05) is 0 Å². The van der Waals surface area contributed by atoms with Crippen molar-refractivity contribution in [2.45, 2.75) is 13.8 Å². The minimum absolute atomic E-state index is 0.202. The van der Waals surface area contributed by atoms with Crippen LogP contribution >= 0.6 is 0 Å². The van der Waals surface area contributed by atoms with E-state index < -0.39 is 0 Å². The second kappa shape index (κ2) is 7.59. The number of carbonyl (C=O) groups is 1. The maximum atomic E-state index is 12.4. The van der Waals surface area contributed by atoms with Crippen LogP contribution < -0.4 is 10.9 Å². The van der Waals surface area contributed by atoms with E-state index in [9.17, 15) is 9.59 Å². The predicted molar refractivity (Wildman–Crippen MR) is 113 cm³/mol. The van der Waals surface area contributed by atoms with Gasteiger partial charge in [-0.15, -0.1) is 0 Å². The first-order chi connectivity index (χ1) is 14.0. The Hall–Kier alpha value is -3.93. The minimum Gasteiger partial charge on any atom is -0.463 e. The largest absolute Gasteiger partial charge is 0.463 e. The molecule has 2 heterocycles. The topological polar surface area (TPSA) is 76.6 Å². The zero-order valence-electron chi connectivity index (χ0n) is 16.0. The molecule has 0 bridgehead atoms. The number of carbonyl (C=O) groups excluding carboxylic acids is 1. The number of aromatic nitrogens is 1. The molecule has 29 heavy (non-hydrogen) atoms. The highest BCUT2D eigenvalue weighted by Gasteiger charge is 2.08. The van der Waals surface area contributed by atoms with Crippen molar-refractivity contribution >= 4 is 23.1 Å². The number of nitrogens with zero attached hydrogens (tertiary/aromatic N) is 2. The first-order valence-corrected chi connectivity index (χ1v) is 9.14. The molecule has 2 aromatic carbocycles. The Morgan fingerprint density at radius 3 is 2.41 bits per heavy atom. The lowest BCUT2D eigenvalue weighted by atomic mass is 10.2. The fourth-order valence-corrected chi connectivity index (χ4v) is 3.24. The summed E-state index contributed by atoms with van der Waals surface area (Å²) in [7, 11) is 0. The van der Waals surface area contributed by atoms with Crippen molar-refractivity contribution in [1.82, 2.24) is 9.99 Å². The summed E-state index contributed by atoms with van der Waals surface area (Å²) in [6.45, 7) is 4.07. The van der Waals surface area contributed by atoms with Gasteiger partial charge in [0.1, 0.15) is 11.8 Å². The van der Waals surface area contributed by atoms with Crippen LogP contribution in [0.1, 0.15) is 27.3 Å². The van der Waals surface area contributed by atoms with Crippen molar-refractivity contribution in [1.29, 1.82) is 0 Å². The molecule has 144 valence electrons. The van der Waals surface area contributed by atoms with Gasteiger partial charge < -0.3 is 8.98 Å². The first-order valence-electron chi connectivity index (χ1n) is 9.14. The van der Waals surface area contributed by atoms with Crippen LogP contribution in [0.3, 0.4) is 0 Å². The third kappa shape index (κ3) is 3.60. The SMILES string of the molecule is Cc1ccc(C)n1-c1ccc(C(=O)N/N=C/c2coc3ccccc3c2=O)cc1. The summed E-state index contributed by atoms with van der Waals surface area (Å²) in [6, 6.07) is 18.3. The number of fused-ring (bicyclic) bond motifs is 1. The van der Waals surface area contributed by atoms with Gasteiger partial charge in [-0.25, -0.2) is 5.43 Å². The van der Waals surface area contributed by atoms with Crippen molar-refractivity contribution in [2.24, 2.45) is 5.10 Å². The van der Waals surface area contributed by atoms with E-state index in [4.69, 9.17) is 4.42 Å². The number of benzene rings is 2. The molecule has 0 unspecified atom stereocenters. The minimum atomic E-state index is -0.362. The molecule has 6 nitrogen and oxygen atoms in total. The monoisotopic (exact) mass is 385 g/mol.